The average Bonchev–Trinajstić information content (AvgIpc) is 3.15. The van der Waals surface area contributed by atoms with Crippen LogP contribution in [0.4, 0.5) is 5.69 Å². The highest BCUT2D eigenvalue weighted by atomic mass is 35.5. The second kappa shape index (κ2) is 8.09. The van der Waals surface area contributed by atoms with Crippen molar-refractivity contribution in [2.24, 2.45) is 5.41 Å². The number of rotatable bonds is 3. The minimum Gasteiger partial charge on any atom is -0.351 e. The number of nitrogens with zero attached hydrogens (tertiary/aromatic N) is 3. The van der Waals surface area contributed by atoms with Gasteiger partial charge in [0.15, 0.2) is 11.2 Å². The van der Waals surface area contributed by atoms with E-state index in [1.54, 1.807) is 42.5 Å². The Morgan fingerprint density at radius 3 is 2.33 bits per heavy atom. The Balaban J connectivity index is 1.81. The Morgan fingerprint density at radius 2 is 1.64 bits per heavy atom. The molecule has 3 atom stereocenters. The highest BCUT2D eigenvalue weighted by Crippen LogP contribution is 2.56. The lowest BCUT2D eigenvalue weighted by molar-refractivity contribution is 0.0951. The van der Waals surface area contributed by atoms with E-state index >= 15 is 0 Å². The lowest BCUT2D eigenvalue weighted by atomic mass is 9.69. The molecule has 160 valence electrons. The SMILES string of the molecule is N#CC1(C#N)[C@H](c2ccc(Cl)cc2Cl)[C@@H](C(=O)c2ccccc2)N2c3ccccc3C=C[C@@H]21. The normalized spacial score (nSPS) is 22.1. The molecule has 6 heteroatoms. The third-order valence-electron chi connectivity index (χ3n) is 6.54. The van der Waals surface area contributed by atoms with Gasteiger partial charge >= 0.3 is 0 Å². The second-order valence-corrected chi connectivity index (χ2v) is 9.02. The zero-order valence-corrected chi connectivity index (χ0v) is 18.8. The summed E-state index contributed by atoms with van der Waals surface area (Å²) in [6.07, 6.45) is 3.76. The van der Waals surface area contributed by atoms with Crippen molar-refractivity contribution in [3.05, 3.63) is 106 Å². The van der Waals surface area contributed by atoms with Gasteiger partial charge in [0.05, 0.1) is 18.2 Å². The fourth-order valence-corrected chi connectivity index (χ4v) is 5.63. The van der Waals surface area contributed by atoms with E-state index in [1.165, 1.54) is 0 Å². The Hall–Kier alpha value is -3.57. The highest BCUT2D eigenvalue weighted by Gasteiger charge is 2.63. The van der Waals surface area contributed by atoms with Crippen LogP contribution in [0.5, 0.6) is 0 Å². The van der Waals surface area contributed by atoms with E-state index in [9.17, 15) is 15.3 Å². The van der Waals surface area contributed by atoms with Crippen LogP contribution < -0.4 is 4.90 Å². The molecule has 0 aliphatic carbocycles. The first kappa shape index (κ1) is 21.3. The number of Topliss-reactive ketones (excluding diaryl/α,β-unsaturated/α-hetero) is 1. The van der Waals surface area contributed by atoms with Crippen molar-refractivity contribution in [2.45, 2.75) is 18.0 Å². The summed E-state index contributed by atoms with van der Waals surface area (Å²) in [6, 6.07) is 24.7. The van der Waals surface area contributed by atoms with E-state index in [0.717, 1.165) is 11.3 Å². The molecular weight excluding hydrogens is 453 g/mol. The molecule has 1 fully saturated rings. The molecule has 2 heterocycles. The summed E-state index contributed by atoms with van der Waals surface area (Å²) in [5.41, 5.74) is 1.25. The van der Waals surface area contributed by atoms with Gasteiger partial charge in [-0.1, -0.05) is 90.0 Å². The molecule has 0 radical (unpaired) electrons. The Morgan fingerprint density at radius 1 is 0.939 bits per heavy atom. The fourth-order valence-electron chi connectivity index (χ4n) is 5.10. The topological polar surface area (TPSA) is 67.9 Å². The van der Waals surface area contributed by atoms with Crippen LogP contribution in [0.15, 0.2) is 78.9 Å². The summed E-state index contributed by atoms with van der Waals surface area (Å²) in [6.45, 7) is 0. The lowest BCUT2D eigenvalue weighted by Crippen LogP contribution is -2.44. The molecule has 3 aromatic carbocycles. The van der Waals surface area contributed by atoms with Crippen LogP contribution in [0.25, 0.3) is 6.08 Å². The van der Waals surface area contributed by atoms with Gasteiger partial charge in [-0.2, -0.15) is 10.5 Å². The van der Waals surface area contributed by atoms with E-state index in [0.29, 0.717) is 21.2 Å². The van der Waals surface area contributed by atoms with Crippen LogP contribution >= 0.6 is 23.2 Å². The first-order chi connectivity index (χ1) is 16.0. The molecule has 1 saturated heterocycles. The molecule has 0 amide bonds. The number of carbonyl (C=O) groups excluding carboxylic acids is 1. The molecule has 0 aromatic heterocycles. The van der Waals surface area contributed by atoms with Gasteiger partial charge in [0, 0.05) is 27.2 Å². The molecule has 5 rings (SSSR count). The monoisotopic (exact) mass is 469 g/mol. The zero-order valence-electron chi connectivity index (χ0n) is 17.3. The lowest BCUT2D eigenvalue weighted by Gasteiger charge is -2.35. The molecule has 0 spiro atoms. The van der Waals surface area contributed by atoms with Crippen molar-refractivity contribution in [3.8, 4) is 12.1 Å². The number of fused-ring (bicyclic) bond motifs is 3. The number of ketones is 1. The van der Waals surface area contributed by atoms with E-state index in [-0.39, 0.29) is 5.78 Å². The molecule has 33 heavy (non-hydrogen) atoms. The number of hydrogen-bond donors (Lipinski definition) is 0. The molecule has 0 unspecified atom stereocenters. The van der Waals surface area contributed by atoms with Gasteiger partial charge in [0.25, 0.3) is 0 Å². The van der Waals surface area contributed by atoms with Crippen molar-refractivity contribution >= 4 is 40.7 Å². The van der Waals surface area contributed by atoms with Crippen LogP contribution in [-0.4, -0.2) is 17.9 Å². The van der Waals surface area contributed by atoms with Crippen LogP contribution in [-0.2, 0) is 0 Å². The minimum absolute atomic E-state index is 0.172. The zero-order chi connectivity index (χ0) is 23.2. The molecule has 3 aromatic rings. The van der Waals surface area contributed by atoms with Gasteiger partial charge in [-0.15, -0.1) is 0 Å². The third kappa shape index (κ3) is 3.15. The molecule has 2 aliphatic rings. The molecular formula is C27H17Cl2N3O. The molecule has 4 nitrogen and oxygen atoms in total. The predicted octanol–water partition coefficient (Wildman–Crippen LogP) is 6.28. The van der Waals surface area contributed by atoms with Gasteiger partial charge in [0.2, 0.25) is 0 Å². The Labute approximate surface area is 201 Å². The van der Waals surface area contributed by atoms with Gasteiger partial charge < -0.3 is 4.90 Å². The van der Waals surface area contributed by atoms with Crippen molar-refractivity contribution in [1.29, 1.82) is 10.5 Å². The third-order valence-corrected chi connectivity index (χ3v) is 7.10. The number of nitriles is 2. The second-order valence-electron chi connectivity index (χ2n) is 8.18. The van der Waals surface area contributed by atoms with Crippen molar-refractivity contribution < 1.29 is 4.79 Å². The number of halogens is 2. The first-order valence-electron chi connectivity index (χ1n) is 10.4. The number of para-hydroxylation sites is 1. The highest BCUT2D eigenvalue weighted by molar-refractivity contribution is 6.35. The quantitative estimate of drug-likeness (QED) is 0.423. The Kier molecular flexibility index (Phi) is 5.22. The standard InChI is InChI=1S/C27H17Cl2N3O/c28-19-11-12-20(21(29)14-19)24-25(26(33)18-7-2-1-3-8-18)32-22-9-5-4-6-17(22)10-13-23(32)27(24,15-30)16-31/h1-14,23-25H/t23-,24-,25+/m1/s1. The predicted molar refractivity (Wildman–Crippen MR) is 129 cm³/mol. The molecule has 2 aliphatic heterocycles. The maximum absolute atomic E-state index is 14.0. The summed E-state index contributed by atoms with van der Waals surface area (Å²) in [5.74, 6) is -0.972. The van der Waals surface area contributed by atoms with Crippen molar-refractivity contribution in [1.82, 2.24) is 0 Å². The van der Waals surface area contributed by atoms with E-state index in [2.05, 4.69) is 12.1 Å². The van der Waals surface area contributed by atoms with Crippen LogP contribution in [0, 0.1) is 28.1 Å². The van der Waals surface area contributed by atoms with Crippen LogP contribution in [0.1, 0.15) is 27.4 Å². The smallest absolute Gasteiger partial charge is 0.185 e. The maximum atomic E-state index is 14.0. The van der Waals surface area contributed by atoms with E-state index < -0.39 is 23.4 Å². The minimum atomic E-state index is -1.55. The largest absolute Gasteiger partial charge is 0.351 e. The fraction of sp³-hybridized carbons (Fsp3) is 0.148. The van der Waals surface area contributed by atoms with E-state index in [4.69, 9.17) is 23.2 Å². The number of carbonyl (C=O) groups is 1. The number of hydrogen-bond acceptors (Lipinski definition) is 4. The number of benzene rings is 3. The van der Waals surface area contributed by atoms with Gasteiger partial charge in [-0.25, -0.2) is 0 Å². The van der Waals surface area contributed by atoms with Crippen molar-refractivity contribution in [2.75, 3.05) is 4.90 Å². The average molecular weight is 470 g/mol. The summed E-state index contributed by atoms with van der Waals surface area (Å²) >= 11 is 12.8. The molecule has 0 saturated carbocycles. The van der Waals surface area contributed by atoms with Gasteiger partial charge in [0.1, 0.15) is 6.04 Å². The summed E-state index contributed by atoms with van der Waals surface area (Å²) in [7, 11) is 0. The number of anilines is 1. The maximum Gasteiger partial charge on any atom is 0.185 e. The summed E-state index contributed by atoms with van der Waals surface area (Å²) in [5, 5.41) is 21.6. The van der Waals surface area contributed by atoms with E-state index in [1.807, 2.05) is 47.4 Å². The van der Waals surface area contributed by atoms with Crippen molar-refractivity contribution in [3.63, 3.8) is 0 Å². The molecule has 0 N–H and O–H groups in total. The molecule has 0 bridgehead atoms. The summed E-state index contributed by atoms with van der Waals surface area (Å²) in [4.78, 5) is 16.0. The van der Waals surface area contributed by atoms with Crippen LogP contribution in [0.2, 0.25) is 10.0 Å². The van der Waals surface area contributed by atoms with Crippen LogP contribution in [0.3, 0.4) is 0 Å². The Bertz CT molecular complexity index is 1360. The van der Waals surface area contributed by atoms with Gasteiger partial charge in [-0.05, 0) is 29.3 Å². The van der Waals surface area contributed by atoms with Gasteiger partial charge in [-0.3, -0.25) is 4.79 Å². The summed E-state index contributed by atoms with van der Waals surface area (Å²) < 4.78 is 0. The first-order valence-corrected chi connectivity index (χ1v) is 11.2.